The van der Waals surface area contributed by atoms with E-state index in [-0.39, 0.29) is 25.4 Å². The van der Waals surface area contributed by atoms with E-state index in [0.717, 1.165) is 11.3 Å². The van der Waals surface area contributed by atoms with E-state index in [1.165, 1.54) is 4.90 Å². The summed E-state index contributed by atoms with van der Waals surface area (Å²) in [4.78, 5) is 25.8. The van der Waals surface area contributed by atoms with Gasteiger partial charge in [0.05, 0.1) is 26.1 Å². The van der Waals surface area contributed by atoms with E-state index in [4.69, 9.17) is 4.74 Å². The quantitative estimate of drug-likeness (QED) is 0.828. The lowest BCUT2D eigenvalue weighted by Crippen LogP contribution is -2.51. The molecular weight excluding hydrogens is 348 g/mol. The largest absolute Gasteiger partial charge is 0.493 e. The number of rotatable bonds is 6. The summed E-state index contributed by atoms with van der Waals surface area (Å²) in [5, 5.41) is 17.6. The Kier molecular flexibility index (Phi) is 5.43. The highest BCUT2D eigenvalue weighted by atomic mass is 16.5. The minimum Gasteiger partial charge on any atom is -0.493 e. The van der Waals surface area contributed by atoms with Crippen molar-refractivity contribution >= 4 is 11.9 Å². The van der Waals surface area contributed by atoms with Crippen LogP contribution in [0.3, 0.4) is 0 Å². The molecule has 0 saturated heterocycles. The first-order valence-electron chi connectivity index (χ1n) is 8.98. The number of carboxylic acids is 1. The highest BCUT2D eigenvalue weighted by molar-refractivity contribution is 5.85. The van der Waals surface area contributed by atoms with Crippen LogP contribution in [-0.4, -0.2) is 49.3 Å². The van der Waals surface area contributed by atoms with Crippen LogP contribution >= 0.6 is 0 Å². The molecule has 2 aromatic rings. The van der Waals surface area contributed by atoms with Crippen molar-refractivity contribution in [2.24, 2.45) is 5.92 Å². The van der Waals surface area contributed by atoms with Gasteiger partial charge in [0.1, 0.15) is 17.6 Å². The number of carbonyl (C=O) groups excluding carboxylic acids is 1. The maximum Gasteiger partial charge on any atom is 0.328 e. The molecule has 1 aliphatic rings. The molecule has 0 spiro atoms. The van der Waals surface area contributed by atoms with Gasteiger partial charge in [-0.1, -0.05) is 26.0 Å². The van der Waals surface area contributed by atoms with Crippen molar-refractivity contribution in [2.45, 2.75) is 46.3 Å². The number of carboxylic acid groups (broad SMARTS) is 1. The van der Waals surface area contributed by atoms with Gasteiger partial charge in [-0.3, -0.25) is 4.79 Å². The lowest BCUT2D eigenvalue weighted by molar-refractivity contribution is -0.152. The van der Waals surface area contributed by atoms with Crippen LogP contribution in [0.25, 0.3) is 0 Å². The van der Waals surface area contributed by atoms with Gasteiger partial charge in [0.25, 0.3) is 0 Å². The van der Waals surface area contributed by atoms with Crippen LogP contribution in [0, 0.1) is 12.8 Å². The van der Waals surface area contributed by atoms with E-state index < -0.39 is 12.0 Å². The van der Waals surface area contributed by atoms with Crippen LogP contribution in [0.1, 0.15) is 31.1 Å². The third kappa shape index (κ3) is 4.27. The minimum atomic E-state index is -1.03. The molecule has 1 aromatic carbocycles. The number of fused-ring (bicyclic) bond motifs is 1. The fraction of sp³-hybridized carbons (Fsp3) is 0.474. The molecule has 1 N–H and O–H groups in total. The molecule has 1 unspecified atom stereocenters. The molecule has 1 atom stereocenters. The van der Waals surface area contributed by atoms with E-state index in [1.54, 1.807) is 11.5 Å². The van der Waals surface area contributed by atoms with Crippen molar-refractivity contribution in [3.8, 4) is 5.75 Å². The predicted octanol–water partition coefficient (Wildman–Crippen LogP) is 1.66. The lowest BCUT2D eigenvalue weighted by Gasteiger charge is -2.33. The van der Waals surface area contributed by atoms with E-state index in [1.807, 2.05) is 24.3 Å². The number of amides is 1. The molecule has 8 heteroatoms. The van der Waals surface area contributed by atoms with Gasteiger partial charge in [0.2, 0.25) is 5.91 Å². The Morgan fingerprint density at radius 3 is 2.59 bits per heavy atom. The third-order valence-corrected chi connectivity index (χ3v) is 4.52. The van der Waals surface area contributed by atoms with Crippen LogP contribution in [0.2, 0.25) is 0 Å². The molecule has 0 saturated carbocycles. The van der Waals surface area contributed by atoms with E-state index in [2.05, 4.69) is 24.0 Å². The molecule has 0 fully saturated rings. The summed E-state index contributed by atoms with van der Waals surface area (Å²) in [5.41, 5.74) is 0.809. The fourth-order valence-corrected chi connectivity index (χ4v) is 3.03. The summed E-state index contributed by atoms with van der Waals surface area (Å²) in [6.45, 7) is 6.87. The number of hydrogen-bond donors (Lipinski definition) is 1. The van der Waals surface area contributed by atoms with E-state index in [9.17, 15) is 14.7 Å². The van der Waals surface area contributed by atoms with Gasteiger partial charge in [-0.15, -0.1) is 10.2 Å². The highest BCUT2D eigenvalue weighted by Crippen LogP contribution is 2.20. The standard InChI is InChI=1S/C19H24N4O4/c1-12(2)11-27-15-6-4-14(5-7-15)8-18(24)23-10-17-21-20-13(3)22(17)9-16(23)19(25)26/h4-7,12,16H,8-11H2,1-3H3,(H,25,26). The zero-order valence-corrected chi connectivity index (χ0v) is 15.8. The average Bonchev–Trinajstić information content (AvgIpc) is 3.00. The van der Waals surface area contributed by atoms with E-state index in [0.29, 0.717) is 24.2 Å². The normalized spacial score (nSPS) is 16.3. The predicted molar refractivity (Wildman–Crippen MR) is 97.2 cm³/mol. The van der Waals surface area contributed by atoms with Gasteiger partial charge in [0.15, 0.2) is 5.82 Å². The van der Waals surface area contributed by atoms with Crippen molar-refractivity contribution < 1.29 is 19.4 Å². The maximum absolute atomic E-state index is 12.8. The summed E-state index contributed by atoms with van der Waals surface area (Å²) in [7, 11) is 0. The smallest absolute Gasteiger partial charge is 0.328 e. The average molecular weight is 372 g/mol. The Bertz CT molecular complexity index is 829. The molecule has 0 bridgehead atoms. The van der Waals surface area contributed by atoms with Crippen molar-refractivity contribution in [1.29, 1.82) is 0 Å². The summed E-state index contributed by atoms with van der Waals surface area (Å²) in [6, 6.07) is 6.40. The summed E-state index contributed by atoms with van der Waals surface area (Å²) < 4.78 is 7.40. The maximum atomic E-state index is 12.8. The molecule has 8 nitrogen and oxygen atoms in total. The second-order valence-electron chi connectivity index (χ2n) is 7.18. The van der Waals surface area contributed by atoms with E-state index >= 15 is 0 Å². The van der Waals surface area contributed by atoms with Gasteiger partial charge in [-0.2, -0.15) is 0 Å². The van der Waals surface area contributed by atoms with Crippen molar-refractivity contribution in [2.75, 3.05) is 6.61 Å². The molecule has 1 amide bonds. The molecule has 1 aromatic heterocycles. The third-order valence-electron chi connectivity index (χ3n) is 4.52. The Hall–Kier alpha value is -2.90. The highest BCUT2D eigenvalue weighted by Gasteiger charge is 2.36. The van der Waals surface area contributed by atoms with Crippen molar-refractivity contribution in [1.82, 2.24) is 19.7 Å². The molecule has 1 aliphatic heterocycles. The molecule has 3 rings (SSSR count). The monoisotopic (exact) mass is 372 g/mol. The number of benzene rings is 1. The Labute approximate surface area is 157 Å². The van der Waals surface area contributed by atoms with Gasteiger partial charge in [0, 0.05) is 0 Å². The number of aliphatic carboxylic acids is 1. The molecule has 144 valence electrons. The first-order chi connectivity index (χ1) is 12.8. The number of aromatic nitrogens is 3. The Morgan fingerprint density at radius 1 is 1.26 bits per heavy atom. The molecule has 2 heterocycles. The summed E-state index contributed by atoms with van der Waals surface area (Å²) in [6.07, 6.45) is 0.126. The molecule has 0 radical (unpaired) electrons. The van der Waals surface area contributed by atoms with Crippen LogP contribution in [0.4, 0.5) is 0 Å². The first-order valence-corrected chi connectivity index (χ1v) is 8.98. The number of hydrogen-bond acceptors (Lipinski definition) is 5. The topological polar surface area (TPSA) is 97.5 Å². The van der Waals surface area contributed by atoms with Crippen LogP contribution in [-0.2, 0) is 29.1 Å². The summed E-state index contributed by atoms with van der Waals surface area (Å²) in [5.74, 6) is 1.18. The fourth-order valence-electron chi connectivity index (χ4n) is 3.03. The van der Waals surface area contributed by atoms with Crippen molar-refractivity contribution in [3.63, 3.8) is 0 Å². The second kappa shape index (κ2) is 7.77. The van der Waals surface area contributed by atoms with Crippen molar-refractivity contribution in [3.05, 3.63) is 41.5 Å². The zero-order valence-electron chi connectivity index (χ0n) is 15.8. The minimum absolute atomic E-state index is 0.126. The zero-order chi connectivity index (χ0) is 19.6. The van der Waals surface area contributed by atoms with Gasteiger partial charge in [-0.25, -0.2) is 4.79 Å². The number of nitrogens with zero attached hydrogens (tertiary/aromatic N) is 4. The Morgan fingerprint density at radius 2 is 1.96 bits per heavy atom. The molecule has 27 heavy (non-hydrogen) atoms. The van der Waals surface area contributed by atoms with Gasteiger partial charge < -0.3 is 19.3 Å². The van der Waals surface area contributed by atoms with Crippen LogP contribution < -0.4 is 4.74 Å². The SMILES string of the molecule is Cc1nnc2n1CC(C(=O)O)N(C(=O)Cc1ccc(OCC(C)C)cc1)C2. The Balaban J connectivity index is 1.70. The van der Waals surface area contributed by atoms with Crippen LogP contribution in [0.5, 0.6) is 5.75 Å². The number of carbonyl (C=O) groups is 2. The molecular formula is C19H24N4O4. The van der Waals surface area contributed by atoms with Gasteiger partial charge in [-0.05, 0) is 30.5 Å². The van der Waals surface area contributed by atoms with Gasteiger partial charge >= 0.3 is 5.97 Å². The van der Waals surface area contributed by atoms with Crippen LogP contribution in [0.15, 0.2) is 24.3 Å². The number of ether oxygens (including phenoxy) is 1. The second-order valence-corrected chi connectivity index (χ2v) is 7.18. The summed E-state index contributed by atoms with van der Waals surface area (Å²) >= 11 is 0. The lowest BCUT2D eigenvalue weighted by atomic mass is 10.1. The number of aryl methyl sites for hydroxylation is 1. The molecule has 0 aliphatic carbocycles. The first kappa shape index (κ1) is 18.9.